The van der Waals surface area contributed by atoms with Crippen LogP contribution in [0.4, 0.5) is 5.82 Å². The lowest BCUT2D eigenvalue weighted by molar-refractivity contribution is 0.759. The normalized spacial score (nSPS) is 10.8. The van der Waals surface area contributed by atoms with Crippen molar-refractivity contribution < 1.29 is 0 Å². The number of hydrogen-bond donors (Lipinski definition) is 1. The van der Waals surface area contributed by atoms with E-state index in [0.29, 0.717) is 5.82 Å². The lowest BCUT2D eigenvalue weighted by Crippen LogP contribution is -2.05. The van der Waals surface area contributed by atoms with Crippen molar-refractivity contribution >= 4 is 21.7 Å². The molecule has 0 unspecified atom stereocenters. The van der Waals surface area contributed by atoms with Crippen LogP contribution < -0.4 is 5.73 Å². The quantitative estimate of drug-likeness (QED) is 0.947. The smallest absolute Gasteiger partial charge is 0.169 e. The van der Waals surface area contributed by atoms with Crippen LogP contribution in [0.5, 0.6) is 0 Å². The summed E-state index contributed by atoms with van der Waals surface area (Å²) >= 11 is 3.48. The lowest BCUT2D eigenvalue weighted by atomic mass is 10.1. The van der Waals surface area contributed by atoms with Crippen molar-refractivity contribution in [3.05, 3.63) is 33.9 Å². The molecule has 0 saturated carbocycles. The maximum atomic E-state index is 5.81. The van der Waals surface area contributed by atoms with Crippen LogP contribution in [-0.4, -0.2) is 15.0 Å². The Morgan fingerprint density at radius 3 is 2.71 bits per heavy atom. The van der Waals surface area contributed by atoms with Gasteiger partial charge in [0.25, 0.3) is 0 Å². The van der Waals surface area contributed by atoms with Crippen LogP contribution in [-0.2, 0) is 12.8 Å². The van der Waals surface area contributed by atoms with Crippen LogP contribution in [0.15, 0.2) is 22.7 Å². The molecule has 90 valence electrons. The van der Waals surface area contributed by atoms with Crippen molar-refractivity contribution in [2.75, 3.05) is 5.73 Å². The number of halogens is 1. The summed E-state index contributed by atoms with van der Waals surface area (Å²) in [5.41, 5.74) is 9.04. The van der Waals surface area contributed by atoms with Gasteiger partial charge in [0.1, 0.15) is 0 Å². The molecule has 2 N–H and O–H groups in total. The summed E-state index contributed by atoms with van der Waals surface area (Å²) < 4.78 is 2.91. The Bertz CT molecular complexity index is 533. The first-order valence-electron chi connectivity index (χ1n) is 5.66. The molecule has 0 saturated heterocycles. The van der Waals surface area contributed by atoms with E-state index in [1.54, 1.807) is 0 Å². The van der Waals surface area contributed by atoms with Crippen LogP contribution in [0.2, 0.25) is 0 Å². The molecular weight excluding hydrogens is 280 g/mol. The number of aryl methyl sites for hydroxylation is 1. The molecule has 0 bridgehead atoms. The summed E-state index contributed by atoms with van der Waals surface area (Å²) in [7, 11) is 0. The second-order valence-electron chi connectivity index (χ2n) is 3.81. The monoisotopic (exact) mass is 294 g/mol. The molecule has 5 heteroatoms. The highest BCUT2D eigenvalue weighted by atomic mass is 79.9. The zero-order chi connectivity index (χ0) is 12.4. The minimum atomic E-state index is 0.512. The average Bonchev–Trinajstić information content (AvgIpc) is 2.70. The van der Waals surface area contributed by atoms with E-state index in [4.69, 9.17) is 5.73 Å². The second kappa shape index (κ2) is 4.87. The molecule has 1 heterocycles. The molecule has 1 aromatic heterocycles. The fourth-order valence-corrected chi connectivity index (χ4v) is 2.29. The third-order valence-corrected chi connectivity index (χ3v) is 3.27. The van der Waals surface area contributed by atoms with Gasteiger partial charge in [-0.25, -0.2) is 4.68 Å². The third kappa shape index (κ3) is 2.20. The van der Waals surface area contributed by atoms with E-state index in [1.165, 1.54) is 5.56 Å². The fraction of sp³-hybridized carbons (Fsp3) is 0.333. The Hall–Kier alpha value is -1.36. The molecule has 0 radical (unpaired) electrons. The first-order chi connectivity index (χ1) is 8.17. The lowest BCUT2D eigenvalue weighted by Gasteiger charge is -2.10. The van der Waals surface area contributed by atoms with Gasteiger partial charge in [0.2, 0.25) is 0 Å². The molecule has 17 heavy (non-hydrogen) atoms. The number of aromatic nitrogens is 3. The molecule has 1 aromatic carbocycles. The van der Waals surface area contributed by atoms with E-state index in [0.717, 1.165) is 28.7 Å². The molecule has 0 aliphatic carbocycles. The summed E-state index contributed by atoms with van der Waals surface area (Å²) in [5.74, 6) is 0.512. The van der Waals surface area contributed by atoms with E-state index in [1.807, 2.05) is 16.8 Å². The zero-order valence-electron chi connectivity index (χ0n) is 9.94. The van der Waals surface area contributed by atoms with Gasteiger partial charge in [-0.1, -0.05) is 35.0 Å². The van der Waals surface area contributed by atoms with Gasteiger partial charge in [-0.3, -0.25) is 0 Å². The van der Waals surface area contributed by atoms with Gasteiger partial charge < -0.3 is 5.73 Å². The van der Waals surface area contributed by atoms with Crippen molar-refractivity contribution in [1.82, 2.24) is 15.0 Å². The van der Waals surface area contributed by atoms with Crippen molar-refractivity contribution in [3.63, 3.8) is 0 Å². The zero-order valence-corrected chi connectivity index (χ0v) is 11.5. The van der Waals surface area contributed by atoms with Gasteiger partial charge in [0.05, 0.1) is 11.4 Å². The first-order valence-corrected chi connectivity index (χ1v) is 6.45. The summed E-state index contributed by atoms with van der Waals surface area (Å²) in [6, 6.07) is 6.15. The average molecular weight is 295 g/mol. The van der Waals surface area contributed by atoms with Gasteiger partial charge in [-0.15, -0.1) is 5.10 Å². The van der Waals surface area contributed by atoms with Crippen LogP contribution in [0.1, 0.15) is 25.1 Å². The predicted molar refractivity (Wildman–Crippen MR) is 72.2 cm³/mol. The van der Waals surface area contributed by atoms with E-state index >= 15 is 0 Å². The SMILES string of the molecule is CCc1cc(Br)ccc1-n1nnc(N)c1CC. The van der Waals surface area contributed by atoms with Gasteiger partial charge in [-0.2, -0.15) is 0 Å². The molecule has 2 aromatic rings. The standard InChI is InChI=1S/C12H15BrN4/c1-3-8-7-9(13)5-6-11(8)17-10(4-2)12(14)15-16-17/h5-7H,3-4,14H2,1-2H3. The molecule has 0 aliphatic rings. The molecule has 0 spiro atoms. The fourth-order valence-electron chi connectivity index (χ4n) is 1.88. The van der Waals surface area contributed by atoms with Gasteiger partial charge in [0, 0.05) is 4.47 Å². The molecule has 0 fully saturated rings. The minimum absolute atomic E-state index is 0.512. The Balaban J connectivity index is 2.59. The van der Waals surface area contributed by atoms with E-state index in [9.17, 15) is 0 Å². The Kier molecular flexibility index (Phi) is 3.47. The van der Waals surface area contributed by atoms with Crippen molar-refractivity contribution in [2.24, 2.45) is 0 Å². The molecule has 2 rings (SSSR count). The van der Waals surface area contributed by atoms with Crippen LogP contribution in [0.3, 0.4) is 0 Å². The summed E-state index contributed by atoms with van der Waals surface area (Å²) in [5, 5.41) is 8.06. The number of benzene rings is 1. The highest BCUT2D eigenvalue weighted by Crippen LogP contribution is 2.23. The number of anilines is 1. The van der Waals surface area contributed by atoms with Gasteiger partial charge in [0.15, 0.2) is 5.82 Å². The number of hydrogen-bond acceptors (Lipinski definition) is 3. The van der Waals surface area contributed by atoms with Gasteiger partial charge in [-0.05, 0) is 36.6 Å². The van der Waals surface area contributed by atoms with Crippen LogP contribution in [0, 0.1) is 0 Å². The van der Waals surface area contributed by atoms with E-state index < -0.39 is 0 Å². The Morgan fingerprint density at radius 1 is 1.29 bits per heavy atom. The molecule has 0 atom stereocenters. The predicted octanol–water partition coefficient (Wildman–Crippen LogP) is 2.74. The van der Waals surface area contributed by atoms with Gasteiger partial charge >= 0.3 is 0 Å². The Morgan fingerprint density at radius 2 is 2.06 bits per heavy atom. The second-order valence-corrected chi connectivity index (χ2v) is 4.73. The summed E-state index contributed by atoms with van der Waals surface area (Å²) in [6.07, 6.45) is 1.76. The molecule has 0 amide bonds. The highest BCUT2D eigenvalue weighted by molar-refractivity contribution is 9.10. The van der Waals surface area contributed by atoms with Crippen molar-refractivity contribution in [3.8, 4) is 5.69 Å². The first kappa shape index (κ1) is 12.1. The maximum absolute atomic E-state index is 5.81. The Labute approximate surface area is 109 Å². The number of nitrogens with zero attached hydrogens (tertiary/aromatic N) is 3. The molecule has 0 aliphatic heterocycles. The molecule has 4 nitrogen and oxygen atoms in total. The van der Waals surface area contributed by atoms with Crippen molar-refractivity contribution in [1.29, 1.82) is 0 Å². The van der Waals surface area contributed by atoms with Crippen LogP contribution >= 0.6 is 15.9 Å². The number of nitrogens with two attached hydrogens (primary N) is 1. The number of rotatable bonds is 3. The topological polar surface area (TPSA) is 56.7 Å². The largest absolute Gasteiger partial charge is 0.381 e. The highest BCUT2D eigenvalue weighted by Gasteiger charge is 2.12. The van der Waals surface area contributed by atoms with Crippen LogP contribution in [0.25, 0.3) is 5.69 Å². The summed E-state index contributed by atoms with van der Waals surface area (Å²) in [4.78, 5) is 0. The van der Waals surface area contributed by atoms with E-state index in [-0.39, 0.29) is 0 Å². The minimum Gasteiger partial charge on any atom is -0.381 e. The van der Waals surface area contributed by atoms with E-state index in [2.05, 4.69) is 46.2 Å². The maximum Gasteiger partial charge on any atom is 0.169 e. The summed E-state index contributed by atoms with van der Waals surface area (Å²) in [6.45, 7) is 4.17. The number of nitrogen functional groups attached to an aromatic ring is 1. The molecular formula is C12H15BrN4. The van der Waals surface area contributed by atoms with Crippen molar-refractivity contribution in [2.45, 2.75) is 26.7 Å². The third-order valence-electron chi connectivity index (χ3n) is 2.78.